The molecule has 0 bridgehead atoms. The molecule has 1 aliphatic heterocycles. The summed E-state index contributed by atoms with van der Waals surface area (Å²) < 4.78 is 5.36. The Morgan fingerprint density at radius 3 is 2.58 bits per heavy atom. The number of thiocarbonyl (C=S) groups is 1. The number of hydrogen-bond acceptors (Lipinski definition) is 4. The first-order chi connectivity index (χ1) is 9.10. The van der Waals surface area contributed by atoms with Crippen molar-refractivity contribution in [1.29, 1.82) is 0 Å². The van der Waals surface area contributed by atoms with E-state index in [-0.39, 0.29) is 0 Å². The largest absolute Gasteiger partial charge is 0.496 e. The molecule has 1 aromatic carbocycles. The lowest BCUT2D eigenvalue weighted by Gasteiger charge is -2.32. The summed E-state index contributed by atoms with van der Waals surface area (Å²) in [5.74, 6) is 0.763. The van der Waals surface area contributed by atoms with Gasteiger partial charge in [0.25, 0.3) is 0 Å². The molecule has 0 unspecified atom stereocenters. The minimum atomic E-state index is 0.378. The predicted octanol–water partition coefficient (Wildman–Crippen LogP) is 1.08. The van der Waals surface area contributed by atoms with Crippen molar-refractivity contribution in [3.05, 3.63) is 29.3 Å². The molecule has 1 heterocycles. The zero-order valence-electron chi connectivity index (χ0n) is 11.6. The first kappa shape index (κ1) is 14.2. The van der Waals surface area contributed by atoms with Gasteiger partial charge < -0.3 is 15.4 Å². The van der Waals surface area contributed by atoms with Crippen LogP contribution in [0.2, 0.25) is 0 Å². The Morgan fingerprint density at radius 2 is 2.00 bits per heavy atom. The maximum absolute atomic E-state index is 5.68. The number of hydrogen-bond donors (Lipinski definition) is 1. The molecule has 1 fully saturated rings. The van der Waals surface area contributed by atoms with Crippen LogP contribution in [0.25, 0.3) is 0 Å². The van der Waals surface area contributed by atoms with Gasteiger partial charge in [0.1, 0.15) is 10.7 Å². The van der Waals surface area contributed by atoms with Gasteiger partial charge in [-0.3, -0.25) is 4.90 Å². The molecule has 1 aromatic rings. The number of benzene rings is 1. The Kier molecular flexibility index (Phi) is 4.74. The van der Waals surface area contributed by atoms with E-state index < -0.39 is 0 Å². The standard InChI is InChI=1S/C14H21N3OS/c1-16-5-7-17(8-6-16)10-11-3-4-12(14(15)19)13(9-11)18-2/h3-4,9H,5-8,10H2,1-2H3,(H2,15,19). The van der Waals surface area contributed by atoms with Crippen LogP contribution in [-0.2, 0) is 6.54 Å². The Morgan fingerprint density at radius 1 is 1.32 bits per heavy atom. The van der Waals surface area contributed by atoms with Gasteiger partial charge in [-0.15, -0.1) is 0 Å². The summed E-state index contributed by atoms with van der Waals surface area (Å²) in [4.78, 5) is 5.19. The summed E-state index contributed by atoms with van der Waals surface area (Å²) >= 11 is 5.02. The van der Waals surface area contributed by atoms with Crippen molar-refractivity contribution >= 4 is 17.2 Å². The molecule has 19 heavy (non-hydrogen) atoms. The molecule has 0 aromatic heterocycles. The molecule has 0 aliphatic carbocycles. The van der Waals surface area contributed by atoms with Crippen molar-refractivity contribution in [3.8, 4) is 5.75 Å². The molecule has 5 heteroatoms. The van der Waals surface area contributed by atoms with Gasteiger partial charge in [0, 0.05) is 32.7 Å². The second kappa shape index (κ2) is 6.32. The van der Waals surface area contributed by atoms with Crippen molar-refractivity contribution in [3.63, 3.8) is 0 Å². The van der Waals surface area contributed by atoms with Crippen molar-refractivity contribution in [2.24, 2.45) is 5.73 Å². The summed E-state index contributed by atoms with van der Waals surface area (Å²) in [6, 6.07) is 6.06. The second-order valence-electron chi connectivity index (χ2n) is 4.98. The number of nitrogens with zero attached hydrogens (tertiary/aromatic N) is 2. The van der Waals surface area contributed by atoms with Crippen LogP contribution in [-0.4, -0.2) is 55.1 Å². The van der Waals surface area contributed by atoms with Gasteiger partial charge in [-0.25, -0.2) is 0 Å². The lowest BCUT2D eigenvalue weighted by Crippen LogP contribution is -2.43. The molecular weight excluding hydrogens is 258 g/mol. The van der Waals surface area contributed by atoms with Crippen LogP contribution in [0.5, 0.6) is 5.75 Å². The van der Waals surface area contributed by atoms with Gasteiger partial charge in [0.2, 0.25) is 0 Å². The maximum atomic E-state index is 5.68. The van der Waals surface area contributed by atoms with Crippen molar-refractivity contribution < 1.29 is 4.74 Å². The third kappa shape index (κ3) is 3.65. The fourth-order valence-electron chi connectivity index (χ4n) is 2.30. The summed E-state index contributed by atoms with van der Waals surface area (Å²) in [5, 5.41) is 0. The molecule has 0 amide bonds. The highest BCUT2D eigenvalue weighted by Crippen LogP contribution is 2.21. The summed E-state index contributed by atoms with van der Waals surface area (Å²) in [7, 11) is 3.81. The summed E-state index contributed by atoms with van der Waals surface area (Å²) in [6.45, 7) is 5.41. The maximum Gasteiger partial charge on any atom is 0.129 e. The molecule has 2 rings (SSSR count). The van der Waals surface area contributed by atoms with Crippen LogP contribution >= 0.6 is 12.2 Å². The van der Waals surface area contributed by atoms with Gasteiger partial charge in [0.05, 0.1) is 12.7 Å². The monoisotopic (exact) mass is 279 g/mol. The van der Waals surface area contributed by atoms with E-state index in [9.17, 15) is 0 Å². The molecule has 1 aliphatic rings. The topological polar surface area (TPSA) is 41.7 Å². The van der Waals surface area contributed by atoms with Crippen molar-refractivity contribution in [2.45, 2.75) is 6.54 Å². The summed E-state index contributed by atoms with van der Waals surface area (Å²) in [5.41, 5.74) is 7.72. The Balaban J connectivity index is 2.07. The minimum absolute atomic E-state index is 0.378. The van der Waals surface area contributed by atoms with Crippen molar-refractivity contribution in [1.82, 2.24) is 9.80 Å². The normalized spacial score (nSPS) is 17.4. The van der Waals surface area contributed by atoms with Gasteiger partial charge in [-0.05, 0) is 24.7 Å². The SMILES string of the molecule is COc1cc(CN2CCN(C)CC2)ccc1C(N)=S. The fourth-order valence-corrected chi connectivity index (χ4v) is 2.47. The molecular formula is C14H21N3OS. The lowest BCUT2D eigenvalue weighted by atomic mass is 10.1. The van der Waals surface area contributed by atoms with Crippen LogP contribution in [0.3, 0.4) is 0 Å². The van der Waals surface area contributed by atoms with Crippen LogP contribution in [0.15, 0.2) is 18.2 Å². The highest BCUT2D eigenvalue weighted by atomic mass is 32.1. The van der Waals surface area contributed by atoms with Gasteiger partial charge in [-0.2, -0.15) is 0 Å². The lowest BCUT2D eigenvalue weighted by molar-refractivity contribution is 0.148. The van der Waals surface area contributed by atoms with E-state index >= 15 is 0 Å². The molecule has 1 saturated heterocycles. The third-order valence-corrected chi connectivity index (χ3v) is 3.75. The van der Waals surface area contributed by atoms with E-state index in [1.807, 2.05) is 12.1 Å². The van der Waals surface area contributed by atoms with Gasteiger partial charge in [0.15, 0.2) is 0 Å². The van der Waals surface area contributed by atoms with E-state index in [4.69, 9.17) is 22.7 Å². The Bertz CT molecular complexity index is 456. The third-order valence-electron chi connectivity index (χ3n) is 3.53. The van der Waals surface area contributed by atoms with E-state index in [0.29, 0.717) is 4.99 Å². The van der Waals surface area contributed by atoms with Crippen LogP contribution in [0.1, 0.15) is 11.1 Å². The molecule has 0 atom stereocenters. The first-order valence-electron chi connectivity index (χ1n) is 6.48. The number of methoxy groups -OCH3 is 1. The quantitative estimate of drug-likeness (QED) is 0.835. The molecule has 0 saturated carbocycles. The average molecular weight is 279 g/mol. The van der Waals surface area contributed by atoms with Gasteiger partial charge in [-0.1, -0.05) is 18.3 Å². The van der Waals surface area contributed by atoms with Crippen LogP contribution in [0, 0.1) is 0 Å². The number of piperazine rings is 1. The highest BCUT2D eigenvalue weighted by Gasteiger charge is 2.15. The van der Waals surface area contributed by atoms with Crippen LogP contribution in [0.4, 0.5) is 0 Å². The molecule has 0 radical (unpaired) electrons. The molecule has 2 N–H and O–H groups in total. The minimum Gasteiger partial charge on any atom is -0.496 e. The second-order valence-corrected chi connectivity index (χ2v) is 5.42. The number of ether oxygens (including phenoxy) is 1. The zero-order chi connectivity index (χ0) is 13.8. The zero-order valence-corrected chi connectivity index (χ0v) is 12.4. The van der Waals surface area contributed by atoms with Crippen LogP contribution < -0.4 is 10.5 Å². The number of likely N-dealkylation sites (N-methyl/N-ethyl adjacent to an activating group) is 1. The van der Waals surface area contributed by atoms with E-state index in [1.165, 1.54) is 5.56 Å². The number of rotatable bonds is 4. The van der Waals surface area contributed by atoms with Crippen molar-refractivity contribution in [2.75, 3.05) is 40.3 Å². The highest BCUT2D eigenvalue weighted by molar-refractivity contribution is 7.80. The summed E-state index contributed by atoms with van der Waals surface area (Å²) in [6.07, 6.45) is 0. The molecule has 4 nitrogen and oxygen atoms in total. The van der Waals surface area contributed by atoms with E-state index in [2.05, 4.69) is 22.9 Å². The first-order valence-corrected chi connectivity index (χ1v) is 6.88. The average Bonchev–Trinajstić information content (AvgIpc) is 2.41. The smallest absolute Gasteiger partial charge is 0.129 e. The Hall–Kier alpha value is -1.17. The number of nitrogens with two attached hydrogens (primary N) is 1. The Labute approximate surface area is 120 Å². The van der Waals surface area contributed by atoms with E-state index in [0.717, 1.165) is 44.0 Å². The van der Waals surface area contributed by atoms with Gasteiger partial charge >= 0.3 is 0 Å². The predicted molar refractivity (Wildman–Crippen MR) is 81.7 cm³/mol. The van der Waals surface area contributed by atoms with E-state index in [1.54, 1.807) is 7.11 Å². The molecule has 104 valence electrons. The molecule has 0 spiro atoms. The fraction of sp³-hybridized carbons (Fsp3) is 0.500.